The van der Waals surface area contributed by atoms with E-state index in [1.165, 1.54) is 32.1 Å². The molecule has 0 saturated heterocycles. The number of thioether (sulfide) groups is 1. The van der Waals surface area contributed by atoms with Crippen LogP contribution in [0.1, 0.15) is 61.9 Å². The van der Waals surface area contributed by atoms with Crippen LogP contribution in [0.15, 0.2) is 59.5 Å². The number of hydrogen-bond acceptors (Lipinski definition) is 3. The van der Waals surface area contributed by atoms with Crippen molar-refractivity contribution in [3.8, 4) is 0 Å². The Morgan fingerprint density at radius 1 is 0.889 bits per heavy atom. The summed E-state index contributed by atoms with van der Waals surface area (Å²) < 4.78 is 28.5. The van der Waals surface area contributed by atoms with E-state index in [0.29, 0.717) is 4.90 Å². The van der Waals surface area contributed by atoms with Crippen LogP contribution >= 0.6 is 11.8 Å². The van der Waals surface area contributed by atoms with Gasteiger partial charge in [0.2, 0.25) is 10.0 Å². The molecular formula is C22H31NO2S2. The molecule has 0 aliphatic heterocycles. The zero-order valence-electron chi connectivity index (χ0n) is 16.4. The van der Waals surface area contributed by atoms with E-state index in [0.717, 1.165) is 23.3 Å². The van der Waals surface area contributed by atoms with Crippen LogP contribution in [-0.4, -0.2) is 14.2 Å². The molecule has 0 aliphatic carbocycles. The predicted molar refractivity (Wildman–Crippen MR) is 117 cm³/mol. The summed E-state index contributed by atoms with van der Waals surface area (Å²) in [5.41, 5.74) is 2.04. The van der Waals surface area contributed by atoms with Crippen molar-refractivity contribution in [1.82, 2.24) is 4.72 Å². The molecule has 5 heteroatoms. The van der Waals surface area contributed by atoms with Crippen molar-refractivity contribution in [2.24, 2.45) is 0 Å². The fourth-order valence-corrected chi connectivity index (χ4v) is 5.49. The zero-order chi connectivity index (χ0) is 19.5. The lowest BCUT2D eigenvalue weighted by Gasteiger charge is -2.19. The van der Waals surface area contributed by atoms with Gasteiger partial charge in [-0.1, -0.05) is 87.1 Å². The van der Waals surface area contributed by atoms with E-state index in [9.17, 15) is 8.42 Å². The van der Waals surface area contributed by atoms with E-state index in [1.807, 2.05) is 49.4 Å². The van der Waals surface area contributed by atoms with Crippen molar-refractivity contribution in [2.45, 2.75) is 62.6 Å². The van der Waals surface area contributed by atoms with Crippen molar-refractivity contribution in [2.75, 3.05) is 5.75 Å². The molecule has 0 fully saturated rings. The Kier molecular flexibility index (Phi) is 9.39. The van der Waals surface area contributed by atoms with Gasteiger partial charge in [-0.25, -0.2) is 8.42 Å². The number of benzene rings is 2. The molecule has 2 rings (SSSR count). The maximum absolute atomic E-state index is 12.8. The van der Waals surface area contributed by atoms with Crippen LogP contribution in [0.4, 0.5) is 0 Å². The first kappa shape index (κ1) is 22.0. The number of hydrogen-bond donors (Lipinski definition) is 1. The van der Waals surface area contributed by atoms with Gasteiger partial charge in [-0.15, -0.1) is 11.8 Å². The molecule has 0 spiro atoms. The molecule has 27 heavy (non-hydrogen) atoms. The Morgan fingerprint density at radius 3 is 2.19 bits per heavy atom. The molecule has 2 aromatic rings. The molecule has 1 atom stereocenters. The monoisotopic (exact) mass is 405 g/mol. The van der Waals surface area contributed by atoms with E-state index in [2.05, 4.69) is 11.6 Å². The fraction of sp³-hybridized carbons (Fsp3) is 0.455. The largest absolute Gasteiger partial charge is 0.241 e. The van der Waals surface area contributed by atoms with Gasteiger partial charge in [0.1, 0.15) is 0 Å². The van der Waals surface area contributed by atoms with Crippen LogP contribution in [0.5, 0.6) is 0 Å². The minimum absolute atomic E-state index is 0.270. The van der Waals surface area contributed by atoms with E-state index >= 15 is 0 Å². The predicted octanol–water partition coefficient (Wildman–Crippen LogP) is 6.07. The highest BCUT2D eigenvalue weighted by Crippen LogP contribution is 2.29. The van der Waals surface area contributed by atoms with Crippen LogP contribution in [0.25, 0.3) is 0 Å². The van der Waals surface area contributed by atoms with Gasteiger partial charge in [0.25, 0.3) is 0 Å². The summed E-state index contributed by atoms with van der Waals surface area (Å²) in [6.07, 6.45) is 7.44. The second-order valence-electron chi connectivity index (χ2n) is 6.86. The molecule has 0 saturated carbocycles. The Hall–Kier alpha value is -1.30. The lowest BCUT2D eigenvalue weighted by molar-refractivity contribution is 0.580. The van der Waals surface area contributed by atoms with Gasteiger partial charge in [-0.3, -0.25) is 0 Å². The summed E-state index contributed by atoms with van der Waals surface area (Å²) in [4.78, 5) is 0.314. The molecule has 0 aromatic heterocycles. The molecular weight excluding hydrogens is 374 g/mol. The lowest BCUT2D eigenvalue weighted by Crippen LogP contribution is -2.27. The SMILES string of the molecule is CCCCCCCCSC(NS(=O)(=O)c1ccc(C)cc1)c1ccccc1. The number of unbranched alkanes of at least 4 members (excludes halogenated alkanes) is 5. The van der Waals surface area contributed by atoms with E-state index in [4.69, 9.17) is 0 Å². The van der Waals surface area contributed by atoms with Gasteiger partial charge in [0.05, 0.1) is 10.3 Å². The fourth-order valence-electron chi connectivity index (χ4n) is 2.84. The van der Waals surface area contributed by atoms with Gasteiger partial charge < -0.3 is 0 Å². The zero-order valence-corrected chi connectivity index (χ0v) is 18.0. The highest BCUT2D eigenvalue weighted by atomic mass is 32.2. The Balaban J connectivity index is 1.99. The molecule has 1 unspecified atom stereocenters. The van der Waals surface area contributed by atoms with Gasteiger partial charge in [-0.2, -0.15) is 4.72 Å². The van der Waals surface area contributed by atoms with E-state index in [1.54, 1.807) is 23.9 Å². The van der Waals surface area contributed by atoms with Crippen LogP contribution in [0.2, 0.25) is 0 Å². The third-order valence-electron chi connectivity index (χ3n) is 4.48. The summed E-state index contributed by atoms with van der Waals surface area (Å²) in [5, 5.41) is -0.270. The molecule has 3 nitrogen and oxygen atoms in total. The van der Waals surface area contributed by atoms with E-state index in [-0.39, 0.29) is 5.37 Å². The van der Waals surface area contributed by atoms with Gasteiger partial charge in [0, 0.05) is 0 Å². The lowest BCUT2D eigenvalue weighted by atomic mass is 10.1. The summed E-state index contributed by atoms with van der Waals surface area (Å²) >= 11 is 1.67. The third kappa shape index (κ3) is 7.68. The van der Waals surface area contributed by atoms with Crippen LogP contribution in [0.3, 0.4) is 0 Å². The van der Waals surface area contributed by atoms with Crippen LogP contribution in [-0.2, 0) is 10.0 Å². The molecule has 0 amide bonds. The summed E-state index contributed by atoms with van der Waals surface area (Å²) in [7, 11) is -3.55. The Labute approximate surface area is 169 Å². The second-order valence-corrected chi connectivity index (χ2v) is 9.79. The van der Waals surface area contributed by atoms with Crippen LogP contribution in [0, 0.1) is 6.92 Å². The normalized spacial score (nSPS) is 12.8. The number of aryl methyl sites for hydroxylation is 1. The summed E-state index contributed by atoms with van der Waals surface area (Å²) in [5.74, 6) is 0.947. The van der Waals surface area contributed by atoms with Gasteiger partial charge in [0.15, 0.2) is 0 Å². The quantitative estimate of drug-likeness (QED) is 0.344. The highest BCUT2D eigenvalue weighted by molar-refractivity contribution is 8.00. The Morgan fingerprint density at radius 2 is 1.52 bits per heavy atom. The van der Waals surface area contributed by atoms with Gasteiger partial charge >= 0.3 is 0 Å². The topological polar surface area (TPSA) is 46.2 Å². The van der Waals surface area contributed by atoms with Crippen molar-refractivity contribution in [3.05, 3.63) is 65.7 Å². The standard InChI is InChI=1S/C22H31NO2S2/c1-3-4-5-6-7-11-18-26-22(20-12-9-8-10-13-20)23-27(24,25)21-16-14-19(2)15-17-21/h8-10,12-17,22-23H,3-7,11,18H2,1-2H3. The third-order valence-corrected chi connectivity index (χ3v) is 7.31. The summed E-state index contributed by atoms with van der Waals surface area (Å²) in [6.45, 7) is 4.17. The number of sulfonamides is 1. The molecule has 0 bridgehead atoms. The van der Waals surface area contributed by atoms with Crippen molar-refractivity contribution in [3.63, 3.8) is 0 Å². The molecule has 0 radical (unpaired) electrons. The first-order valence-corrected chi connectivity index (χ1v) is 12.3. The minimum Gasteiger partial charge on any atom is -0.207 e. The van der Waals surface area contributed by atoms with Crippen LogP contribution < -0.4 is 4.72 Å². The molecule has 1 N–H and O–H groups in total. The highest BCUT2D eigenvalue weighted by Gasteiger charge is 2.21. The first-order valence-electron chi connectivity index (χ1n) is 9.78. The molecule has 0 aliphatic rings. The van der Waals surface area contributed by atoms with Crippen molar-refractivity contribution >= 4 is 21.8 Å². The van der Waals surface area contributed by atoms with Crippen molar-refractivity contribution < 1.29 is 8.42 Å². The first-order chi connectivity index (χ1) is 13.0. The molecule has 2 aromatic carbocycles. The summed E-state index contributed by atoms with van der Waals surface area (Å²) in [6, 6.07) is 16.8. The van der Waals surface area contributed by atoms with E-state index < -0.39 is 10.0 Å². The number of rotatable bonds is 12. The minimum atomic E-state index is -3.55. The Bertz CT molecular complexity index is 759. The van der Waals surface area contributed by atoms with Gasteiger partial charge in [-0.05, 0) is 36.8 Å². The maximum atomic E-state index is 12.8. The average Bonchev–Trinajstić information content (AvgIpc) is 2.67. The molecule has 0 heterocycles. The number of nitrogens with one attached hydrogen (secondary N) is 1. The average molecular weight is 406 g/mol. The molecule has 148 valence electrons. The smallest absolute Gasteiger partial charge is 0.207 e. The second kappa shape index (κ2) is 11.5. The van der Waals surface area contributed by atoms with Crippen molar-refractivity contribution in [1.29, 1.82) is 0 Å². The maximum Gasteiger partial charge on any atom is 0.241 e.